The van der Waals surface area contributed by atoms with Crippen molar-refractivity contribution in [3.8, 4) is 0 Å². The molecule has 1 aliphatic carbocycles. The lowest BCUT2D eigenvalue weighted by molar-refractivity contribution is -0.122. The molecule has 1 heterocycles. The van der Waals surface area contributed by atoms with Crippen molar-refractivity contribution in [2.75, 3.05) is 0 Å². The van der Waals surface area contributed by atoms with Crippen LogP contribution in [-0.4, -0.2) is 17.1 Å². The summed E-state index contributed by atoms with van der Waals surface area (Å²) in [5.41, 5.74) is 2.41. The monoisotopic (exact) mass is 320 g/mol. The van der Waals surface area contributed by atoms with Gasteiger partial charge in [-0.3, -0.25) is 4.79 Å². The average Bonchev–Trinajstić information content (AvgIpc) is 2.84. The Balaban J connectivity index is 1.75. The fourth-order valence-corrected chi connectivity index (χ4v) is 3.71. The second-order valence-corrected chi connectivity index (χ2v) is 7.76. The number of nitrogens with zero attached hydrogens (tertiary/aromatic N) is 1. The van der Waals surface area contributed by atoms with Crippen molar-refractivity contribution in [2.24, 2.45) is 11.3 Å². The topological polar surface area (TPSA) is 55.1 Å². The Morgan fingerprint density at radius 2 is 1.91 bits per heavy atom. The van der Waals surface area contributed by atoms with Gasteiger partial charge in [-0.25, -0.2) is 0 Å². The van der Waals surface area contributed by atoms with Gasteiger partial charge in [-0.15, -0.1) is 0 Å². The van der Waals surface area contributed by atoms with Gasteiger partial charge in [-0.1, -0.05) is 32.3 Å². The molecule has 1 saturated carbocycles. The molecule has 4 nitrogen and oxygen atoms in total. The van der Waals surface area contributed by atoms with Gasteiger partial charge in [-0.2, -0.15) is 0 Å². The average molecular weight is 320 g/mol. The number of hydrogen-bond donors (Lipinski definition) is 1. The number of aromatic nitrogens is 1. The molecule has 1 amide bonds. The maximum atomic E-state index is 12.2. The predicted octanol–water partition coefficient (Wildman–Crippen LogP) is 4.34. The van der Waals surface area contributed by atoms with E-state index in [2.05, 4.69) is 31.2 Å². The summed E-state index contributed by atoms with van der Waals surface area (Å²) >= 11 is 0. The first kappa shape index (κ1) is 18.0. The van der Waals surface area contributed by atoms with Gasteiger partial charge in [0, 0.05) is 18.0 Å². The second kappa shape index (κ2) is 7.50. The first-order valence-electron chi connectivity index (χ1n) is 9.04. The molecule has 0 aromatic carbocycles. The molecule has 1 aromatic rings. The van der Waals surface area contributed by atoms with E-state index in [1.54, 1.807) is 0 Å². The van der Waals surface area contributed by atoms with Crippen molar-refractivity contribution in [1.82, 2.24) is 10.5 Å². The first-order valence-corrected chi connectivity index (χ1v) is 9.04. The Bertz CT molecular complexity index is 506. The molecule has 0 atom stereocenters. The van der Waals surface area contributed by atoms with E-state index in [0.717, 1.165) is 35.8 Å². The van der Waals surface area contributed by atoms with E-state index in [9.17, 15) is 4.79 Å². The maximum Gasteiger partial charge on any atom is 0.220 e. The summed E-state index contributed by atoms with van der Waals surface area (Å²) in [5.74, 6) is 1.78. The van der Waals surface area contributed by atoms with Crippen LogP contribution >= 0.6 is 0 Å². The van der Waals surface area contributed by atoms with Crippen molar-refractivity contribution in [1.29, 1.82) is 0 Å². The lowest BCUT2D eigenvalue weighted by Crippen LogP contribution is -2.40. The largest absolute Gasteiger partial charge is 0.361 e. The third kappa shape index (κ3) is 4.58. The smallest absolute Gasteiger partial charge is 0.220 e. The molecule has 0 bridgehead atoms. The standard InChI is InChI=1S/C19H32N2O2/c1-6-19(4,5)15-7-9-16(10-8-15)20-18(22)12-11-17-13(2)21-23-14(17)3/h15-16H,6-12H2,1-5H3,(H,20,22). The highest BCUT2D eigenvalue weighted by molar-refractivity contribution is 5.76. The Hall–Kier alpha value is -1.32. The molecule has 0 radical (unpaired) electrons. The predicted molar refractivity (Wildman–Crippen MR) is 92.3 cm³/mol. The number of carbonyl (C=O) groups is 1. The van der Waals surface area contributed by atoms with Gasteiger partial charge in [-0.05, 0) is 57.3 Å². The second-order valence-electron chi connectivity index (χ2n) is 7.76. The highest BCUT2D eigenvalue weighted by atomic mass is 16.5. The van der Waals surface area contributed by atoms with Gasteiger partial charge in [0.1, 0.15) is 5.76 Å². The van der Waals surface area contributed by atoms with Crippen molar-refractivity contribution in [3.05, 3.63) is 17.0 Å². The molecule has 0 aliphatic heterocycles. The van der Waals surface area contributed by atoms with Gasteiger partial charge in [0.15, 0.2) is 0 Å². The minimum absolute atomic E-state index is 0.156. The molecule has 2 rings (SSSR count). The summed E-state index contributed by atoms with van der Waals surface area (Å²) in [7, 11) is 0. The van der Waals surface area contributed by atoms with Crippen LogP contribution in [0.4, 0.5) is 0 Å². The van der Waals surface area contributed by atoms with Gasteiger partial charge in [0.25, 0.3) is 0 Å². The zero-order valence-electron chi connectivity index (χ0n) is 15.4. The summed E-state index contributed by atoms with van der Waals surface area (Å²) in [6.45, 7) is 10.9. The SMILES string of the molecule is CCC(C)(C)C1CCC(NC(=O)CCc2c(C)noc2C)CC1. The van der Waals surface area contributed by atoms with Crippen LogP contribution in [0.25, 0.3) is 0 Å². The van der Waals surface area contributed by atoms with Crippen LogP contribution in [0.15, 0.2) is 4.52 Å². The van der Waals surface area contributed by atoms with Crippen molar-refractivity contribution < 1.29 is 9.32 Å². The highest BCUT2D eigenvalue weighted by Crippen LogP contribution is 2.40. The van der Waals surface area contributed by atoms with Gasteiger partial charge >= 0.3 is 0 Å². The Morgan fingerprint density at radius 1 is 1.26 bits per heavy atom. The molecule has 1 aliphatic rings. The Kier molecular flexibility index (Phi) is 5.88. The fraction of sp³-hybridized carbons (Fsp3) is 0.789. The molecular formula is C19H32N2O2. The van der Waals surface area contributed by atoms with E-state index in [1.165, 1.54) is 19.3 Å². The van der Waals surface area contributed by atoms with Crippen LogP contribution in [0, 0.1) is 25.2 Å². The number of carbonyl (C=O) groups excluding carboxylic acids is 1. The number of nitrogens with one attached hydrogen (secondary N) is 1. The zero-order chi connectivity index (χ0) is 17.0. The molecule has 130 valence electrons. The van der Waals surface area contributed by atoms with Crippen molar-refractivity contribution in [3.63, 3.8) is 0 Å². The van der Waals surface area contributed by atoms with Crippen LogP contribution in [-0.2, 0) is 11.2 Å². The third-order valence-electron chi connectivity index (χ3n) is 5.89. The van der Waals surface area contributed by atoms with E-state index >= 15 is 0 Å². The minimum Gasteiger partial charge on any atom is -0.361 e. The minimum atomic E-state index is 0.156. The lowest BCUT2D eigenvalue weighted by atomic mass is 9.69. The summed E-state index contributed by atoms with van der Waals surface area (Å²) in [6.07, 6.45) is 7.15. The molecule has 0 unspecified atom stereocenters. The van der Waals surface area contributed by atoms with Crippen LogP contribution in [0.2, 0.25) is 0 Å². The number of amides is 1. The normalized spacial score (nSPS) is 22.1. The Morgan fingerprint density at radius 3 is 2.43 bits per heavy atom. The van der Waals surface area contributed by atoms with Gasteiger partial charge in [0.05, 0.1) is 5.69 Å². The first-order chi connectivity index (χ1) is 10.8. The van der Waals surface area contributed by atoms with E-state index in [0.29, 0.717) is 24.3 Å². The molecule has 1 fully saturated rings. The van der Waals surface area contributed by atoms with Crippen molar-refractivity contribution >= 4 is 5.91 Å². The summed E-state index contributed by atoms with van der Waals surface area (Å²) in [4.78, 5) is 12.2. The lowest BCUT2D eigenvalue weighted by Gasteiger charge is -2.39. The van der Waals surface area contributed by atoms with E-state index in [1.807, 2.05) is 13.8 Å². The van der Waals surface area contributed by atoms with Crippen LogP contribution in [0.3, 0.4) is 0 Å². The molecule has 4 heteroatoms. The third-order valence-corrected chi connectivity index (χ3v) is 5.89. The number of aryl methyl sites for hydroxylation is 2. The zero-order valence-corrected chi connectivity index (χ0v) is 15.4. The number of hydrogen-bond acceptors (Lipinski definition) is 3. The molecular weight excluding hydrogens is 288 g/mol. The molecule has 1 N–H and O–H groups in total. The van der Waals surface area contributed by atoms with Crippen LogP contribution < -0.4 is 5.32 Å². The fourth-order valence-electron chi connectivity index (χ4n) is 3.71. The van der Waals surface area contributed by atoms with E-state index in [-0.39, 0.29) is 5.91 Å². The Labute approximate surface area is 140 Å². The molecule has 23 heavy (non-hydrogen) atoms. The quantitative estimate of drug-likeness (QED) is 0.848. The molecule has 0 spiro atoms. The maximum absolute atomic E-state index is 12.2. The summed E-state index contributed by atoms with van der Waals surface area (Å²) < 4.78 is 5.15. The van der Waals surface area contributed by atoms with E-state index in [4.69, 9.17) is 4.52 Å². The van der Waals surface area contributed by atoms with Crippen molar-refractivity contribution in [2.45, 2.75) is 85.6 Å². The van der Waals surface area contributed by atoms with Gasteiger partial charge in [0.2, 0.25) is 5.91 Å². The highest BCUT2D eigenvalue weighted by Gasteiger charge is 2.32. The van der Waals surface area contributed by atoms with Gasteiger partial charge < -0.3 is 9.84 Å². The summed E-state index contributed by atoms with van der Waals surface area (Å²) in [5, 5.41) is 7.16. The summed E-state index contributed by atoms with van der Waals surface area (Å²) in [6, 6.07) is 0.357. The van der Waals surface area contributed by atoms with E-state index < -0.39 is 0 Å². The molecule has 0 saturated heterocycles. The van der Waals surface area contributed by atoms with Crippen LogP contribution in [0.1, 0.15) is 76.3 Å². The molecule has 1 aromatic heterocycles. The number of rotatable bonds is 6. The van der Waals surface area contributed by atoms with Crippen LogP contribution in [0.5, 0.6) is 0 Å².